The Hall–Kier alpha value is -3.74. The molecule has 0 spiro atoms. The van der Waals surface area contributed by atoms with Gasteiger partial charge < -0.3 is 9.15 Å². The number of anilines is 1. The number of nitrogens with one attached hydrogen (secondary N) is 1. The molecule has 0 atom stereocenters. The van der Waals surface area contributed by atoms with Crippen molar-refractivity contribution in [2.75, 3.05) is 12.4 Å². The van der Waals surface area contributed by atoms with Gasteiger partial charge in [-0.1, -0.05) is 17.2 Å². The molecule has 1 amide bonds. The first-order chi connectivity index (χ1) is 13.1. The predicted molar refractivity (Wildman–Crippen MR) is 101 cm³/mol. The van der Waals surface area contributed by atoms with E-state index in [1.807, 2.05) is 25.1 Å². The van der Waals surface area contributed by atoms with Crippen LogP contribution in [0.1, 0.15) is 16.1 Å². The third-order valence-electron chi connectivity index (χ3n) is 4.08. The van der Waals surface area contributed by atoms with Crippen molar-refractivity contribution in [3.8, 4) is 17.2 Å². The summed E-state index contributed by atoms with van der Waals surface area (Å²) in [5.74, 6) is 0.695. The normalized spacial score (nSPS) is 10.7. The molecule has 0 bridgehead atoms. The number of nitrogens with zero attached hydrogens (tertiary/aromatic N) is 3. The second-order valence-electron chi connectivity index (χ2n) is 5.96. The molecule has 1 N–H and O–H groups in total. The van der Waals surface area contributed by atoms with Crippen LogP contribution in [0.3, 0.4) is 0 Å². The topological polar surface area (TPSA) is 90.1 Å². The van der Waals surface area contributed by atoms with E-state index in [1.165, 1.54) is 0 Å². The fourth-order valence-corrected chi connectivity index (χ4v) is 2.65. The van der Waals surface area contributed by atoms with E-state index in [9.17, 15) is 4.79 Å². The molecule has 2 aromatic carbocycles. The maximum atomic E-state index is 12.5. The van der Waals surface area contributed by atoms with Crippen LogP contribution in [-0.4, -0.2) is 28.2 Å². The third kappa shape index (κ3) is 3.48. The van der Waals surface area contributed by atoms with E-state index in [4.69, 9.17) is 9.15 Å². The number of carbonyl (C=O) groups excluding carboxylic acids is 1. The summed E-state index contributed by atoms with van der Waals surface area (Å²) in [6.07, 6.45) is 0. The van der Waals surface area contributed by atoms with Gasteiger partial charge in [-0.05, 0) is 49.4 Å². The number of benzene rings is 2. The molecule has 2 aromatic heterocycles. The Bertz CT molecular complexity index is 1120. The van der Waals surface area contributed by atoms with Gasteiger partial charge in [-0.3, -0.25) is 15.1 Å². The number of amides is 1. The predicted octanol–water partition coefficient (Wildman–Crippen LogP) is 3.85. The van der Waals surface area contributed by atoms with Crippen molar-refractivity contribution in [1.82, 2.24) is 15.2 Å². The minimum Gasteiger partial charge on any atom is -0.497 e. The molecule has 4 aromatic rings. The van der Waals surface area contributed by atoms with Gasteiger partial charge in [0.05, 0.1) is 12.6 Å². The van der Waals surface area contributed by atoms with E-state index in [-0.39, 0.29) is 11.9 Å². The molecule has 0 fully saturated rings. The van der Waals surface area contributed by atoms with Gasteiger partial charge in [0.25, 0.3) is 5.91 Å². The van der Waals surface area contributed by atoms with Crippen LogP contribution in [0.15, 0.2) is 59.0 Å². The number of fused-ring (bicyclic) bond motifs is 1. The number of methoxy groups -OCH3 is 1. The molecule has 27 heavy (non-hydrogen) atoms. The highest BCUT2D eigenvalue weighted by Crippen LogP contribution is 2.23. The first-order valence-corrected chi connectivity index (χ1v) is 8.29. The van der Waals surface area contributed by atoms with Gasteiger partial charge in [-0.15, -0.1) is 5.10 Å². The average molecular weight is 360 g/mol. The number of aryl methyl sites for hydroxylation is 1. The van der Waals surface area contributed by atoms with E-state index >= 15 is 0 Å². The second-order valence-corrected chi connectivity index (χ2v) is 5.96. The zero-order valence-electron chi connectivity index (χ0n) is 14.8. The lowest BCUT2D eigenvalue weighted by Crippen LogP contribution is -2.12. The summed E-state index contributed by atoms with van der Waals surface area (Å²) >= 11 is 0. The molecular weight excluding hydrogens is 344 g/mol. The maximum Gasteiger partial charge on any atom is 0.322 e. The first kappa shape index (κ1) is 16.7. The third-order valence-corrected chi connectivity index (χ3v) is 4.08. The molecule has 0 radical (unpaired) electrons. The average Bonchev–Trinajstić information content (AvgIpc) is 3.16. The van der Waals surface area contributed by atoms with Crippen molar-refractivity contribution >= 4 is 22.8 Å². The summed E-state index contributed by atoms with van der Waals surface area (Å²) in [6, 6.07) is 16.4. The maximum absolute atomic E-state index is 12.5. The Kier molecular flexibility index (Phi) is 4.25. The number of pyridine rings is 1. The van der Waals surface area contributed by atoms with Crippen LogP contribution < -0.4 is 10.1 Å². The smallest absolute Gasteiger partial charge is 0.322 e. The van der Waals surface area contributed by atoms with Crippen molar-refractivity contribution in [2.45, 2.75) is 6.92 Å². The fourth-order valence-electron chi connectivity index (χ4n) is 2.65. The molecule has 134 valence electrons. The molecule has 0 aliphatic rings. The zero-order chi connectivity index (χ0) is 18.8. The molecule has 7 heteroatoms. The van der Waals surface area contributed by atoms with Gasteiger partial charge in [0.2, 0.25) is 5.89 Å². The van der Waals surface area contributed by atoms with Gasteiger partial charge >= 0.3 is 6.01 Å². The molecule has 0 aliphatic carbocycles. The van der Waals surface area contributed by atoms with E-state index in [1.54, 1.807) is 43.5 Å². The summed E-state index contributed by atoms with van der Waals surface area (Å²) in [4.78, 5) is 16.9. The first-order valence-electron chi connectivity index (χ1n) is 8.29. The van der Waals surface area contributed by atoms with Gasteiger partial charge in [0.1, 0.15) is 5.75 Å². The summed E-state index contributed by atoms with van der Waals surface area (Å²) in [7, 11) is 1.60. The standard InChI is InChI=1S/C20H16N4O3/c1-12-3-4-13-5-6-15(11-17(13)21-12)18(25)22-20-24-23-19(27-20)14-7-9-16(26-2)10-8-14/h3-11H,1-2H3,(H,22,24,25). The van der Waals surface area contributed by atoms with Crippen molar-refractivity contribution < 1.29 is 13.9 Å². The number of carbonyl (C=O) groups is 1. The van der Waals surface area contributed by atoms with Crippen LogP contribution in [-0.2, 0) is 0 Å². The Labute approximate surface area is 155 Å². The highest BCUT2D eigenvalue weighted by Gasteiger charge is 2.13. The van der Waals surface area contributed by atoms with Crippen molar-refractivity contribution in [1.29, 1.82) is 0 Å². The van der Waals surface area contributed by atoms with Crippen LogP contribution in [0.4, 0.5) is 6.01 Å². The van der Waals surface area contributed by atoms with E-state index in [0.717, 1.165) is 27.9 Å². The Morgan fingerprint density at radius 2 is 1.81 bits per heavy atom. The highest BCUT2D eigenvalue weighted by atomic mass is 16.5. The number of aromatic nitrogens is 3. The Morgan fingerprint density at radius 1 is 1.04 bits per heavy atom. The van der Waals surface area contributed by atoms with Gasteiger partial charge in [-0.2, -0.15) is 0 Å². The quantitative estimate of drug-likeness (QED) is 0.594. The van der Waals surface area contributed by atoms with E-state index in [0.29, 0.717) is 11.5 Å². The Morgan fingerprint density at radius 3 is 2.59 bits per heavy atom. The summed E-state index contributed by atoms with van der Waals surface area (Å²) in [5.41, 5.74) is 2.84. The van der Waals surface area contributed by atoms with Crippen molar-refractivity contribution in [3.05, 3.63) is 65.9 Å². The minimum atomic E-state index is -0.342. The monoisotopic (exact) mass is 360 g/mol. The van der Waals surface area contributed by atoms with Gasteiger partial charge in [0, 0.05) is 22.2 Å². The molecule has 0 aliphatic heterocycles. The van der Waals surface area contributed by atoms with Crippen LogP contribution in [0.25, 0.3) is 22.4 Å². The Balaban J connectivity index is 1.53. The second kappa shape index (κ2) is 6.87. The number of ether oxygens (including phenoxy) is 1. The summed E-state index contributed by atoms with van der Waals surface area (Å²) in [6.45, 7) is 1.91. The minimum absolute atomic E-state index is 0.0307. The van der Waals surface area contributed by atoms with E-state index in [2.05, 4.69) is 20.5 Å². The molecular formula is C20H16N4O3. The lowest BCUT2D eigenvalue weighted by molar-refractivity contribution is 0.102. The van der Waals surface area contributed by atoms with Crippen molar-refractivity contribution in [2.24, 2.45) is 0 Å². The lowest BCUT2D eigenvalue weighted by Gasteiger charge is -2.03. The lowest BCUT2D eigenvalue weighted by atomic mass is 10.1. The SMILES string of the molecule is COc1ccc(-c2nnc(NC(=O)c3ccc4ccc(C)nc4c3)o2)cc1. The van der Waals surface area contributed by atoms with Crippen LogP contribution in [0, 0.1) is 6.92 Å². The summed E-state index contributed by atoms with van der Waals surface area (Å²) in [5, 5.41) is 11.4. The van der Waals surface area contributed by atoms with Gasteiger partial charge in [-0.25, -0.2) is 0 Å². The largest absolute Gasteiger partial charge is 0.497 e. The summed E-state index contributed by atoms with van der Waals surface area (Å²) < 4.78 is 10.7. The molecule has 7 nitrogen and oxygen atoms in total. The van der Waals surface area contributed by atoms with Crippen molar-refractivity contribution in [3.63, 3.8) is 0 Å². The molecule has 0 unspecified atom stereocenters. The van der Waals surface area contributed by atoms with Crippen LogP contribution in [0.2, 0.25) is 0 Å². The molecule has 0 saturated carbocycles. The zero-order valence-corrected chi connectivity index (χ0v) is 14.8. The van der Waals surface area contributed by atoms with Crippen LogP contribution >= 0.6 is 0 Å². The number of hydrogen-bond donors (Lipinski definition) is 1. The number of hydrogen-bond acceptors (Lipinski definition) is 6. The number of rotatable bonds is 4. The van der Waals surface area contributed by atoms with Gasteiger partial charge in [0.15, 0.2) is 0 Å². The highest BCUT2D eigenvalue weighted by molar-refractivity contribution is 6.05. The molecule has 2 heterocycles. The molecule has 0 saturated heterocycles. The van der Waals surface area contributed by atoms with Crippen LogP contribution in [0.5, 0.6) is 5.75 Å². The fraction of sp³-hybridized carbons (Fsp3) is 0.100. The molecule has 4 rings (SSSR count). The van der Waals surface area contributed by atoms with E-state index < -0.39 is 0 Å².